The molecule has 0 spiro atoms. The van der Waals surface area contributed by atoms with Crippen molar-refractivity contribution in [3.05, 3.63) is 47.9 Å². The Kier molecular flexibility index (Phi) is 3.42. The minimum Gasteiger partial charge on any atom is -0.454 e. The molecule has 1 aliphatic heterocycles. The number of anilines is 1. The van der Waals surface area contributed by atoms with Gasteiger partial charge in [-0.15, -0.1) is 0 Å². The number of nitrogens with zero attached hydrogens (tertiary/aromatic N) is 1. The average Bonchev–Trinajstić information content (AvgIpc) is 3.20. The first kappa shape index (κ1) is 15.5. The van der Waals surface area contributed by atoms with Gasteiger partial charge in [0.15, 0.2) is 17.1 Å². The van der Waals surface area contributed by atoms with E-state index in [1.807, 2.05) is 26.8 Å². The van der Waals surface area contributed by atoms with Gasteiger partial charge in [0.1, 0.15) is 5.52 Å². The molecule has 1 amide bonds. The van der Waals surface area contributed by atoms with Gasteiger partial charge in [-0.25, -0.2) is 4.98 Å². The molecule has 1 aliphatic rings. The highest BCUT2D eigenvalue weighted by Gasteiger charge is 2.23. The van der Waals surface area contributed by atoms with Crippen molar-refractivity contribution in [3.63, 3.8) is 0 Å². The quantitative estimate of drug-likeness (QED) is 0.761. The lowest BCUT2D eigenvalue weighted by molar-refractivity contribution is 0.102. The van der Waals surface area contributed by atoms with E-state index in [1.165, 1.54) is 0 Å². The smallest absolute Gasteiger partial charge is 0.259 e. The van der Waals surface area contributed by atoms with Crippen LogP contribution >= 0.6 is 0 Å². The van der Waals surface area contributed by atoms with Crippen LogP contribution in [0.3, 0.4) is 0 Å². The molecule has 25 heavy (non-hydrogen) atoms. The molecule has 0 bridgehead atoms. The molecule has 2 aromatic carbocycles. The monoisotopic (exact) mass is 338 g/mol. The van der Waals surface area contributed by atoms with Crippen molar-refractivity contribution in [2.75, 3.05) is 12.1 Å². The summed E-state index contributed by atoms with van der Waals surface area (Å²) in [5, 5.41) is 2.87. The molecule has 6 heteroatoms. The molecule has 0 saturated carbocycles. The van der Waals surface area contributed by atoms with Gasteiger partial charge in [0.25, 0.3) is 5.91 Å². The van der Waals surface area contributed by atoms with Gasteiger partial charge in [-0.05, 0) is 30.3 Å². The van der Waals surface area contributed by atoms with Crippen LogP contribution in [0.15, 0.2) is 40.8 Å². The number of hydrogen-bond donors (Lipinski definition) is 1. The zero-order valence-electron chi connectivity index (χ0n) is 14.3. The highest BCUT2D eigenvalue weighted by atomic mass is 16.7. The highest BCUT2D eigenvalue weighted by Crippen LogP contribution is 2.35. The minimum atomic E-state index is -0.263. The van der Waals surface area contributed by atoms with Crippen molar-refractivity contribution >= 4 is 22.7 Å². The first-order chi connectivity index (χ1) is 11.9. The van der Waals surface area contributed by atoms with E-state index in [0.29, 0.717) is 39.7 Å². The molecule has 0 fully saturated rings. The van der Waals surface area contributed by atoms with Crippen LogP contribution in [0.5, 0.6) is 11.5 Å². The number of benzene rings is 2. The average molecular weight is 338 g/mol. The van der Waals surface area contributed by atoms with E-state index < -0.39 is 0 Å². The zero-order valence-corrected chi connectivity index (χ0v) is 14.3. The van der Waals surface area contributed by atoms with E-state index in [2.05, 4.69) is 10.3 Å². The van der Waals surface area contributed by atoms with Crippen LogP contribution in [-0.4, -0.2) is 17.7 Å². The number of aromatic nitrogens is 1. The number of fused-ring (bicyclic) bond motifs is 2. The standard InChI is InChI=1S/C19H18N2O4/c1-19(2,3)18-21-13-9-11(7-8-14(13)25-18)20-17(22)12-5-4-6-15-16(12)24-10-23-15/h4-9H,10H2,1-3H3,(H,20,22). The Labute approximate surface area is 144 Å². The summed E-state index contributed by atoms with van der Waals surface area (Å²) in [6, 6.07) is 10.6. The van der Waals surface area contributed by atoms with E-state index in [1.54, 1.807) is 30.3 Å². The van der Waals surface area contributed by atoms with Gasteiger partial charge in [-0.1, -0.05) is 26.8 Å². The fourth-order valence-corrected chi connectivity index (χ4v) is 2.63. The maximum atomic E-state index is 12.6. The molecule has 0 aliphatic carbocycles. The van der Waals surface area contributed by atoms with Gasteiger partial charge in [-0.3, -0.25) is 4.79 Å². The number of hydrogen-bond acceptors (Lipinski definition) is 5. The number of carbonyl (C=O) groups is 1. The maximum Gasteiger partial charge on any atom is 0.259 e. The number of ether oxygens (including phenoxy) is 2. The van der Waals surface area contributed by atoms with Crippen LogP contribution in [-0.2, 0) is 5.41 Å². The lowest BCUT2D eigenvalue weighted by Gasteiger charge is -2.11. The molecule has 3 aromatic rings. The molecule has 1 N–H and O–H groups in total. The Bertz CT molecular complexity index is 969. The van der Waals surface area contributed by atoms with Gasteiger partial charge in [0.05, 0.1) is 5.56 Å². The molecule has 0 radical (unpaired) electrons. The third-order valence-corrected chi connectivity index (χ3v) is 3.93. The lowest BCUT2D eigenvalue weighted by atomic mass is 9.97. The van der Waals surface area contributed by atoms with Gasteiger partial charge in [0, 0.05) is 11.1 Å². The van der Waals surface area contributed by atoms with Crippen LogP contribution in [0, 0.1) is 0 Å². The molecule has 128 valence electrons. The Morgan fingerprint density at radius 1 is 1.16 bits per heavy atom. The molecule has 4 rings (SSSR count). The molecule has 0 unspecified atom stereocenters. The van der Waals surface area contributed by atoms with E-state index in [4.69, 9.17) is 13.9 Å². The summed E-state index contributed by atoms with van der Waals surface area (Å²) >= 11 is 0. The number of carbonyl (C=O) groups excluding carboxylic acids is 1. The number of amides is 1. The van der Waals surface area contributed by atoms with E-state index in [9.17, 15) is 4.79 Å². The topological polar surface area (TPSA) is 73.6 Å². The van der Waals surface area contributed by atoms with Crippen LogP contribution in [0.2, 0.25) is 0 Å². The molecular formula is C19H18N2O4. The Morgan fingerprint density at radius 3 is 2.80 bits per heavy atom. The fraction of sp³-hybridized carbons (Fsp3) is 0.263. The number of oxazole rings is 1. The molecular weight excluding hydrogens is 320 g/mol. The lowest BCUT2D eigenvalue weighted by Crippen LogP contribution is -2.12. The summed E-state index contributed by atoms with van der Waals surface area (Å²) < 4.78 is 16.5. The predicted molar refractivity (Wildman–Crippen MR) is 93.2 cm³/mol. The normalized spacial score (nSPS) is 13.2. The molecule has 6 nitrogen and oxygen atoms in total. The molecule has 2 heterocycles. The third-order valence-electron chi connectivity index (χ3n) is 3.93. The van der Waals surface area contributed by atoms with Crippen molar-refractivity contribution in [1.82, 2.24) is 4.98 Å². The van der Waals surface area contributed by atoms with E-state index in [-0.39, 0.29) is 18.1 Å². The number of rotatable bonds is 2. The van der Waals surface area contributed by atoms with Crippen molar-refractivity contribution in [3.8, 4) is 11.5 Å². The Hall–Kier alpha value is -3.02. The second kappa shape index (κ2) is 5.51. The number of para-hydroxylation sites is 1. The Morgan fingerprint density at radius 2 is 2.00 bits per heavy atom. The second-order valence-electron chi connectivity index (χ2n) is 6.95. The summed E-state index contributed by atoms with van der Waals surface area (Å²) in [5.41, 5.74) is 2.30. The summed E-state index contributed by atoms with van der Waals surface area (Å²) in [6.45, 7) is 6.25. The first-order valence-electron chi connectivity index (χ1n) is 8.03. The fourth-order valence-electron chi connectivity index (χ4n) is 2.63. The van der Waals surface area contributed by atoms with Gasteiger partial charge >= 0.3 is 0 Å². The van der Waals surface area contributed by atoms with Gasteiger partial charge in [-0.2, -0.15) is 0 Å². The second-order valence-corrected chi connectivity index (χ2v) is 6.95. The maximum absolute atomic E-state index is 12.6. The first-order valence-corrected chi connectivity index (χ1v) is 8.03. The third kappa shape index (κ3) is 2.80. The van der Waals surface area contributed by atoms with Crippen LogP contribution < -0.4 is 14.8 Å². The Balaban J connectivity index is 1.62. The van der Waals surface area contributed by atoms with Crippen LogP contribution in [0.25, 0.3) is 11.1 Å². The predicted octanol–water partition coefficient (Wildman–Crippen LogP) is 4.11. The number of nitrogens with one attached hydrogen (secondary N) is 1. The van der Waals surface area contributed by atoms with Crippen molar-refractivity contribution in [1.29, 1.82) is 0 Å². The minimum absolute atomic E-state index is 0.125. The van der Waals surface area contributed by atoms with E-state index >= 15 is 0 Å². The van der Waals surface area contributed by atoms with Crippen LogP contribution in [0.1, 0.15) is 37.0 Å². The molecule has 1 aromatic heterocycles. The summed E-state index contributed by atoms with van der Waals surface area (Å²) in [6.07, 6.45) is 0. The van der Waals surface area contributed by atoms with Crippen molar-refractivity contribution in [2.24, 2.45) is 0 Å². The summed E-state index contributed by atoms with van der Waals surface area (Å²) in [7, 11) is 0. The van der Waals surface area contributed by atoms with E-state index in [0.717, 1.165) is 0 Å². The van der Waals surface area contributed by atoms with Gasteiger partial charge in [0.2, 0.25) is 12.7 Å². The molecule has 0 saturated heterocycles. The SMILES string of the molecule is CC(C)(C)c1nc2cc(NC(=O)c3cccc4c3OCO4)ccc2o1. The summed E-state index contributed by atoms with van der Waals surface area (Å²) in [4.78, 5) is 17.1. The largest absolute Gasteiger partial charge is 0.454 e. The van der Waals surface area contributed by atoms with Crippen LogP contribution in [0.4, 0.5) is 5.69 Å². The van der Waals surface area contributed by atoms with Gasteiger partial charge < -0.3 is 19.2 Å². The zero-order chi connectivity index (χ0) is 17.6. The molecule has 0 atom stereocenters. The highest BCUT2D eigenvalue weighted by molar-refractivity contribution is 6.07. The van der Waals surface area contributed by atoms with Crippen molar-refractivity contribution < 1.29 is 18.7 Å². The van der Waals surface area contributed by atoms with Crippen molar-refractivity contribution in [2.45, 2.75) is 26.2 Å². The summed E-state index contributed by atoms with van der Waals surface area (Å²) in [5.74, 6) is 1.45.